The van der Waals surface area contributed by atoms with E-state index in [-0.39, 0.29) is 29.7 Å². The van der Waals surface area contributed by atoms with E-state index in [0.29, 0.717) is 16.7 Å². The number of rotatable bonds is 5. The number of methoxy groups -OCH3 is 2. The predicted molar refractivity (Wildman–Crippen MR) is 88.4 cm³/mol. The van der Waals surface area contributed by atoms with Crippen LogP contribution in [0.1, 0.15) is 5.56 Å². The van der Waals surface area contributed by atoms with Gasteiger partial charge in [0.1, 0.15) is 11.3 Å². The second-order valence-corrected chi connectivity index (χ2v) is 5.22. The highest BCUT2D eigenvalue weighted by atomic mass is 16.6. The van der Waals surface area contributed by atoms with Crippen LogP contribution in [0.15, 0.2) is 40.8 Å². The number of non-ortho nitro benzene ring substituents is 1. The van der Waals surface area contributed by atoms with E-state index >= 15 is 0 Å². The summed E-state index contributed by atoms with van der Waals surface area (Å²) in [6.07, 6.45) is 0.134. The first kappa shape index (κ1) is 16.4. The highest BCUT2D eigenvalue weighted by Gasteiger charge is 2.17. The van der Waals surface area contributed by atoms with Crippen LogP contribution in [0.3, 0.4) is 0 Å². The molecule has 0 spiro atoms. The van der Waals surface area contributed by atoms with Crippen LogP contribution < -0.4 is 4.74 Å². The van der Waals surface area contributed by atoms with Gasteiger partial charge in [-0.1, -0.05) is 6.07 Å². The Labute approximate surface area is 142 Å². The lowest BCUT2D eigenvalue weighted by molar-refractivity contribution is -0.384. The molecule has 0 bridgehead atoms. The number of oxazole rings is 1. The number of ether oxygens (including phenoxy) is 2. The van der Waals surface area contributed by atoms with Gasteiger partial charge in [0.05, 0.1) is 37.2 Å². The van der Waals surface area contributed by atoms with Crippen molar-refractivity contribution in [1.82, 2.24) is 4.98 Å². The van der Waals surface area contributed by atoms with E-state index < -0.39 is 4.92 Å². The van der Waals surface area contributed by atoms with E-state index in [1.807, 2.05) is 0 Å². The van der Waals surface area contributed by atoms with Gasteiger partial charge < -0.3 is 13.9 Å². The summed E-state index contributed by atoms with van der Waals surface area (Å²) >= 11 is 0. The van der Waals surface area contributed by atoms with Crippen molar-refractivity contribution in [2.45, 2.75) is 6.42 Å². The third-order valence-electron chi connectivity index (χ3n) is 3.65. The molecule has 3 aromatic rings. The molecule has 0 aliphatic heterocycles. The van der Waals surface area contributed by atoms with Gasteiger partial charge in [-0.3, -0.25) is 14.9 Å². The number of aromatic nitrogens is 1. The molecule has 0 unspecified atom stereocenters. The summed E-state index contributed by atoms with van der Waals surface area (Å²) in [6, 6.07) is 9.39. The molecule has 8 heteroatoms. The van der Waals surface area contributed by atoms with Crippen molar-refractivity contribution in [3.63, 3.8) is 0 Å². The van der Waals surface area contributed by atoms with Crippen molar-refractivity contribution >= 4 is 22.8 Å². The number of nitrogens with zero attached hydrogens (tertiary/aromatic N) is 2. The van der Waals surface area contributed by atoms with Crippen LogP contribution in [0.4, 0.5) is 5.69 Å². The summed E-state index contributed by atoms with van der Waals surface area (Å²) in [4.78, 5) is 26.1. The molecule has 1 aromatic heterocycles. The van der Waals surface area contributed by atoms with Gasteiger partial charge >= 0.3 is 5.97 Å². The predicted octanol–water partition coefficient (Wildman–Crippen LogP) is 3.13. The number of carbonyl (C=O) groups excluding carboxylic acids is 1. The minimum Gasteiger partial charge on any atom is -0.496 e. The Hall–Kier alpha value is -3.42. The molecule has 128 valence electrons. The second-order valence-electron chi connectivity index (χ2n) is 5.22. The van der Waals surface area contributed by atoms with Crippen LogP contribution in [-0.2, 0) is 16.0 Å². The van der Waals surface area contributed by atoms with Gasteiger partial charge in [-0.05, 0) is 23.8 Å². The Kier molecular flexibility index (Phi) is 4.34. The number of carbonyl (C=O) groups is 1. The first-order valence-electron chi connectivity index (χ1n) is 7.31. The number of nitro groups is 1. The number of fused-ring (bicyclic) bond motifs is 1. The van der Waals surface area contributed by atoms with Gasteiger partial charge in [-0.25, -0.2) is 4.98 Å². The topological polar surface area (TPSA) is 105 Å². The molecular weight excluding hydrogens is 328 g/mol. The van der Waals surface area contributed by atoms with E-state index in [1.54, 1.807) is 18.2 Å². The highest BCUT2D eigenvalue weighted by molar-refractivity contribution is 5.80. The first-order chi connectivity index (χ1) is 12.0. The zero-order chi connectivity index (χ0) is 18.0. The molecule has 0 saturated carbocycles. The normalized spacial score (nSPS) is 10.6. The van der Waals surface area contributed by atoms with Crippen LogP contribution >= 0.6 is 0 Å². The fourth-order valence-electron chi connectivity index (χ4n) is 2.41. The van der Waals surface area contributed by atoms with Gasteiger partial charge in [0, 0.05) is 6.07 Å². The van der Waals surface area contributed by atoms with Gasteiger partial charge in [0.15, 0.2) is 5.58 Å². The van der Waals surface area contributed by atoms with Crippen molar-refractivity contribution < 1.29 is 23.6 Å². The molecule has 1 heterocycles. The first-order valence-corrected chi connectivity index (χ1v) is 7.31. The quantitative estimate of drug-likeness (QED) is 0.398. The molecule has 0 saturated heterocycles. The Morgan fingerprint density at radius 2 is 2.04 bits per heavy atom. The molecule has 0 amide bonds. The molecule has 0 atom stereocenters. The average Bonchev–Trinajstić information content (AvgIpc) is 3.03. The summed E-state index contributed by atoms with van der Waals surface area (Å²) in [5.41, 5.74) is 2.26. The van der Waals surface area contributed by atoms with Crippen LogP contribution in [0.25, 0.3) is 22.6 Å². The van der Waals surface area contributed by atoms with Gasteiger partial charge in [-0.2, -0.15) is 0 Å². The smallest absolute Gasteiger partial charge is 0.309 e. The minimum atomic E-state index is -0.503. The van der Waals surface area contributed by atoms with E-state index in [2.05, 4.69) is 9.72 Å². The summed E-state index contributed by atoms with van der Waals surface area (Å²) < 4.78 is 15.6. The Morgan fingerprint density at radius 3 is 2.72 bits per heavy atom. The maximum atomic E-state index is 11.4. The van der Waals surface area contributed by atoms with Crippen molar-refractivity contribution in [2.24, 2.45) is 0 Å². The zero-order valence-corrected chi connectivity index (χ0v) is 13.5. The van der Waals surface area contributed by atoms with Crippen molar-refractivity contribution in [1.29, 1.82) is 0 Å². The molecule has 3 rings (SSSR count). The van der Waals surface area contributed by atoms with Crippen LogP contribution in [0, 0.1) is 10.1 Å². The van der Waals surface area contributed by atoms with Gasteiger partial charge in [0.2, 0.25) is 5.89 Å². The second kappa shape index (κ2) is 6.60. The largest absolute Gasteiger partial charge is 0.496 e. The zero-order valence-electron chi connectivity index (χ0n) is 13.5. The number of hydrogen-bond acceptors (Lipinski definition) is 7. The third kappa shape index (κ3) is 3.27. The lowest BCUT2D eigenvalue weighted by atomic mass is 10.1. The van der Waals surface area contributed by atoms with Crippen molar-refractivity contribution in [2.75, 3.05) is 14.2 Å². The maximum Gasteiger partial charge on any atom is 0.309 e. The maximum absolute atomic E-state index is 11.4. The SMILES string of the molecule is COC(=O)Cc1ccc2oc(-c3ccc([N+](=O)[O-])cc3OC)nc2c1. The lowest BCUT2D eigenvalue weighted by Gasteiger charge is -2.04. The fourth-order valence-corrected chi connectivity index (χ4v) is 2.41. The average molecular weight is 342 g/mol. The van der Waals surface area contributed by atoms with Crippen LogP contribution in [0.5, 0.6) is 5.75 Å². The van der Waals surface area contributed by atoms with Gasteiger partial charge in [-0.15, -0.1) is 0 Å². The Bertz CT molecular complexity index is 963. The Balaban J connectivity index is 2.01. The molecular formula is C17H14N2O6. The van der Waals surface area contributed by atoms with E-state index in [4.69, 9.17) is 9.15 Å². The summed E-state index contributed by atoms with van der Waals surface area (Å²) in [5, 5.41) is 10.9. The van der Waals surface area contributed by atoms with E-state index in [1.165, 1.54) is 32.4 Å². The third-order valence-corrected chi connectivity index (χ3v) is 3.65. The molecule has 0 N–H and O–H groups in total. The van der Waals surface area contributed by atoms with E-state index in [9.17, 15) is 14.9 Å². The van der Waals surface area contributed by atoms with E-state index in [0.717, 1.165) is 5.56 Å². The molecule has 2 aromatic carbocycles. The summed E-state index contributed by atoms with van der Waals surface area (Å²) in [7, 11) is 2.75. The molecule has 8 nitrogen and oxygen atoms in total. The molecule has 0 aliphatic rings. The van der Waals surface area contributed by atoms with Crippen molar-refractivity contribution in [3.8, 4) is 17.2 Å². The molecule has 0 fully saturated rings. The number of benzene rings is 2. The van der Waals surface area contributed by atoms with Crippen LogP contribution in [0.2, 0.25) is 0 Å². The fraction of sp³-hybridized carbons (Fsp3) is 0.176. The molecule has 25 heavy (non-hydrogen) atoms. The Morgan fingerprint density at radius 1 is 1.24 bits per heavy atom. The standard InChI is InChI=1S/C17H14N2O6/c1-23-15-9-11(19(21)22)4-5-12(15)17-18-13-7-10(8-16(20)24-2)3-6-14(13)25-17/h3-7,9H,8H2,1-2H3. The number of esters is 1. The van der Waals surface area contributed by atoms with Gasteiger partial charge in [0.25, 0.3) is 5.69 Å². The van der Waals surface area contributed by atoms with Crippen molar-refractivity contribution in [3.05, 3.63) is 52.1 Å². The molecule has 0 aliphatic carbocycles. The lowest BCUT2D eigenvalue weighted by Crippen LogP contribution is -2.04. The highest BCUT2D eigenvalue weighted by Crippen LogP contribution is 2.34. The molecule has 0 radical (unpaired) electrons. The summed E-state index contributed by atoms with van der Waals surface area (Å²) in [5.74, 6) is 0.215. The minimum absolute atomic E-state index is 0.0860. The van der Waals surface area contributed by atoms with Crippen LogP contribution in [-0.4, -0.2) is 30.1 Å². The monoisotopic (exact) mass is 342 g/mol. The summed E-state index contributed by atoms with van der Waals surface area (Å²) in [6.45, 7) is 0. The number of nitro benzene ring substituents is 1. The number of hydrogen-bond donors (Lipinski definition) is 0.